The van der Waals surface area contributed by atoms with Gasteiger partial charge in [0.15, 0.2) is 0 Å². The van der Waals surface area contributed by atoms with Gasteiger partial charge >= 0.3 is 0 Å². The van der Waals surface area contributed by atoms with Crippen LogP contribution in [-0.4, -0.2) is 0 Å². The normalized spacial score (nSPS) is 10.0. The highest BCUT2D eigenvalue weighted by molar-refractivity contribution is 7.20. The first-order valence-corrected chi connectivity index (χ1v) is 6.03. The monoisotopic (exact) mass is 218 g/mol. The Kier molecular flexibility index (Phi) is 2.66. The van der Waals surface area contributed by atoms with Crippen LogP contribution in [0.4, 0.5) is 0 Å². The molecule has 2 heterocycles. The van der Waals surface area contributed by atoms with Crippen molar-refractivity contribution in [3.05, 3.63) is 47.2 Å². The lowest BCUT2D eigenvalue weighted by Crippen LogP contribution is -1.73. The average Bonchev–Trinajstić information content (AvgIpc) is 2.85. The Hall–Kier alpha value is -1.12. The predicted molar refractivity (Wildman–Crippen MR) is 67.8 cm³/mol. The third kappa shape index (κ3) is 1.47. The SMILES string of the molecule is C=Cc1csc(-c2cccs2)c1C=C. The molecule has 2 aromatic rings. The van der Waals surface area contributed by atoms with Gasteiger partial charge in [0, 0.05) is 10.4 Å². The predicted octanol–water partition coefficient (Wildman–Crippen LogP) is 4.76. The van der Waals surface area contributed by atoms with Gasteiger partial charge in [-0.3, -0.25) is 0 Å². The van der Waals surface area contributed by atoms with Crippen LogP contribution in [0.25, 0.3) is 21.9 Å². The molecule has 0 saturated carbocycles. The second-order valence-corrected chi connectivity index (χ2v) is 4.65. The van der Waals surface area contributed by atoms with E-state index in [-0.39, 0.29) is 0 Å². The number of hydrogen-bond acceptors (Lipinski definition) is 2. The van der Waals surface area contributed by atoms with Crippen molar-refractivity contribution in [3.63, 3.8) is 0 Å². The lowest BCUT2D eigenvalue weighted by molar-refractivity contribution is 1.79. The molecule has 0 amide bonds. The minimum Gasteiger partial charge on any atom is -0.143 e. The van der Waals surface area contributed by atoms with Crippen molar-refractivity contribution in [1.82, 2.24) is 0 Å². The van der Waals surface area contributed by atoms with Crippen LogP contribution in [0.3, 0.4) is 0 Å². The van der Waals surface area contributed by atoms with E-state index in [0.29, 0.717) is 0 Å². The molecule has 0 unspecified atom stereocenters. The highest BCUT2D eigenvalue weighted by atomic mass is 32.1. The third-order valence-electron chi connectivity index (χ3n) is 2.03. The van der Waals surface area contributed by atoms with Gasteiger partial charge in [-0.1, -0.05) is 31.4 Å². The Balaban J connectivity index is 2.59. The second-order valence-electron chi connectivity index (χ2n) is 2.82. The summed E-state index contributed by atoms with van der Waals surface area (Å²) < 4.78 is 0. The van der Waals surface area contributed by atoms with E-state index in [4.69, 9.17) is 0 Å². The molecular formula is C12H10S2. The van der Waals surface area contributed by atoms with Crippen LogP contribution >= 0.6 is 22.7 Å². The Labute approximate surface area is 91.8 Å². The van der Waals surface area contributed by atoms with Crippen molar-refractivity contribution in [2.45, 2.75) is 0 Å². The fourth-order valence-corrected chi connectivity index (χ4v) is 3.29. The van der Waals surface area contributed by atoms with Gasteiger partial charge in [-0.25, -0.2) is 0 Å². The molecule has 0 bridgehead atoms. The molecule has 0 radical (unpaired) electrons. The Bertz CT molecular complexity index is 447. The van der Waals surface area contributed by atoms with Crippen LogP contribution in [-0.2, 0) is 0 Å². The first-order valence-electron chi connectivity index (χ1n) is 4.27. The van der Waals surface area contributed by atoms with E-state index in [1.807, 2.05) is 12.2 Å². The van der Waals surface area contributed by atoms with Gasteiger partial charge in [0.05, 0.1) is 4.88 Å². The molecule has 0 N–H and O–H groups in total. The smallest absolute Gasteiger partial charge is 0.0520 e. The summed E-state index contributed by atoms with van der Waals surface area (Å²) in [5.41, 5.74) is 2.38. The molecule has 0 aliphatic rings. The van der Waals surface area contributed by atoms with E-state index in [0.717, 1.165) is 0 Å². The van der Waals surface area contributed by atoms with Crippen LogP contribution in [0, 0.1) is 0 Å². The van der Waals surface area contributed by atoms with Crippen LogP contribution in [0.2, 0.25) is 0 Å². The standard InChI is InChI=1S/C12H10S2/c1-3-9-8-14-12(10(9)4-2)11-6-5-7-13-11/h3-8H,1-2H2. The van der Waals surface area contributed by atoms with Gasteiger partial charge in [0.1, 0.15) is 0 Å². The first kappa shape index (κ1) is 9.44. The molecule has 14 heavy (non-hydrogen) atoms. The largest absolute Gasteiger partial charge is 0.143 e. The van der Waals surface area contributed by atoms with E-state index >= 15 is 0 Å². The van der Waals surface area contributed by atoms with Crippen LogP contribution in [0.5, 0.6) is 0 Å². The van der Waals surface area contributed by atoms with Gasteiger partial charge in [-0.2, -0.15) is 0 Å². The van der Waals surface area contributed by atoms with Gasteiger partial charge in [0.2, 0.25) is 0 Å². The molecule has 2 rings (SSSR count). The zero-order valence-electron chi connectivity index (χ0n) is 7.69. The van der Waals surface area contributed by atoms with Gasteiger partial charge < -0.3 is 0 Å². The lowest BCUT2D eigenvalue weighted by Gasteiger charge is -1.96. The lowest BCUT2D eigenvalue weighted by atomic mass is 10.1. The molecule has 70 valence electrons. The summed E-state index contributed by atoms with van der Waals surface area (Å²) in [5.74, 6) is 0. The van der Waals surface area contributed by atoms with Crippen molar-refractivity contribution in [1.29, 1.82) is 0 Å². The molecule has 0 saturated heterocycles. The fourth-order valence-electron chi connectivity index (χ4n) is 1.35. The minimum atomic E-state index is 1.17. The fraction of sp³-hybridized carbons (Fsp3) is 0. The van der Waals surface area contributed by atoms with Crippen molar-refractivity contribution in [3.8, 4) is 9.75 Å². The summed E-state index contributed by atoms with van der Waals surface area (Å²) >= 11 is 3.51. The molecule has 0 nitrogen and oxygen atoms in total. The molecule has 0 aliphatic heterocycles. The number of rotatable bonds is 3. The van der Waals surface area contributed by atoms with E-state index in [2.05, 4.69) is 36.1 Å². The summed E-state index contributed by atoms with van der Waals surface area (Å²) in [6.45, 7) is 7.64. The van der Waals surface area contributed by atoms with Gasteiger partial charge in [-0.15, -0.1) is 22.7 Å². The number of thiophene rings is 2. The molecule has 0 spiro atoms. The Morgan fingerprint density at radius 3 is 2.57 bits per heavy atom. The van der Waals surface area contributed by atoms with Crippen LogP contribution in [0.1, 0.15) is 11.1 Å². The van der Waals surface area contributed by atoms with Crippen molar-refractivity contribution in [2.75, 3.05) is 0 Å². The summed E-state index contributed by atoms with van der Waals surface area (Å²) in [4.78, 5) is 2.60. The highest BCUT2D eigenvalue weighted by Crippen LogP contribution is 2.36. The quantitative estimate of drug-likeness (QED) is 0.696. The molecule has 2 aromatic heterocycles. The summed E-state index contributed by atoms with van der Waals surface area (Å²) in [6, 6.07) is 4.20. The Morgan fingerprint density at radius 2 is 2.00 bits per heavy atom. The zero-order valence-corrected chi connectivity index (χ0v) is 9.33. The van der Waals surface area contributed by atoms with Crippen molar-refractivity contribution < 1.29 is 0 Å². The molecule has 0 atom stereocenters. The average molecular weight is 218 g/mol. The van der Waals surface area contributed by atoms with E-state index in [9.17, 15) is 0 Å². The third-order valence-corrected chi connectivity index (χ3v) is 4.09. The Morgan fingerprint density at radius 1 is 1.14 bits per heavy atom. The van der Waals surface area contributed by atoms with Crippen LogP contribution < -0.4 is 0 Å². The molecule has 2 heteroatoms. The molecular weight excluding hydrogens is 208 g/mol. The van der Waals surface area contributed by atoms with Crippen molar-refractivity contribution >= 4 is 34.8 Å². The van der Waals surface area contributed by atoms with E-state index in [1.54, 1.807) is 22.7 Å². The summed E-state index contributed by atoms with van der Waals surface area (Å²) in [5, 5.41) is 4.22. The molecule has 0 aromatic carbocycles. The van der Waals surface area contributed by atoms with E-state index < -0.39 is 0 Å². The van der Waals surface area contributed by atoms with Gasteiger partial charge in [-0.05, 0) is 22.4 Å². The maximum absolute atomic E-state index is 3.85. The van der Waals surface area contributed by atoms with Gasteiger partial charge in [0.25, 0.3) is 0 Å². The topological polar surface area (TPSA) is 0 Å². The second kappa shape index (κ2) is 3.95. The number of hydrogen-bond donors (Lipinski definition) is 0. The highest BCUT2D eigenvalue weighted by Gasteiger charge is 2.08. The molecule has 0 fully saturated rings. The van der Waals surface area contributed by atoms with E-state index in [1.165, 1.54) is 20.9 Å². The minimum absolute atomic E-state index is 1.17. The maximum Gasteiger partial charge on any atom is 0.0520 e. The molecule has 0 aliphatic carbocycles. The maximum atomic E-state index is 3.85. The first-order chi connectivity index (χ1) is 6.86. The summed E-state index contributed by atoms with van der Waals surface area (Å²) in [7, 11) is 0. The zero-order chi connectivity index (χ0) is 9.97. The van der Waals surface area contributed by atoms with Crippen molar-refractivity contribution in [2.24, 2.45) is 0 Å². The van der Waals surface area contributed by atoms with Crippen LogP contribution in [0.15, 0.2) is 36.1 Å². The summed E-state index contributed by atoms with van der Waals surface area (Å²) in [6.07, 6.45) is 3.78.